The largest absolute Gasteiger partial charge is 4.00 e. The van der Waals surface area contributed by atoms with Crippen molar-refractivity contribution < 1.29 is 51.0 Å². The smallest absolute Gasteiger partial charge is 1.00 e. The number of hydrogen-bond acceptors (Lipinski definition) is 1. The standard InChI is InChI=1S/C12H9N2.C6H7.2ClH.Zr/c1-2-4-11-10(3-1)5-6-12(11)14-8-7-13-9-14;1-6-4-2-3-5-6;;;/h1-5,7-9,12H;2-5H,1H3;2*1H;/q2*-1;;;+4/p-2. The van der Waals surface area contributed by atoms with Crippen LogP contribution in [0.1, 0.15) is 22.7 Å². The molecule has 0 fully saturated rings. The van der Waals surface area contributed by atoms with Crippen LogP contribution in [-0.2, 0) is 26.2 Å². The Kier molecular flexibility index (Phi) is 10.2. The first-order valence-corrected chi connectivity index (χ1v) is 6.68. The summed E-state index contributed by atoms with van der Waals surface area (Å²) in [6.07, 6.45) is 11.0. The van der Waals surface area contributed by atoms with Crippen molar-refractivity contribution in [3.8, 4) is 0 Å². The predicted octanol–water partition coefficient (Wildman–Crippen LogP) is -1.98. The summed E-state index contributed by atoms with van der Waals surface area (Å²) in [6, 6.07) is 16.8. The van der Waals surface area contributed by atoms with Crippen LogP contribution in [0, 0.1) is 13.0 Å². The Morgan fingerprint density at radius 3 is 2.35 bits per heavy atom. The Labute approximate surface area is 168 Å². The Balaban J connectivity index is 0.000000469. The van der Waals surface area contributed by atoms with E-state index in [1.54, 1.807) is 6.20 Å². The Morgan fingerprint density at radius 2 is 1.78 bits per heavy atom. The zero-order valence-corrected chi connectivity index (χ0v) is 16.6. The molecule has 5 heteroatoms. The molecule has 0 N–H and O–H groups in total. The number of aryl methyl sites for hydroxylation is 1. The van der Waals surface area contributed by atoms with E-state index < -0.39 is 0 Å². The van der Waals surface area contributed by atoms with E-state index in [2.05, 4.69) is 52.9 Å². The molecular formula is C18H16Cl2N2Zr. The summed E-state index contributed by atoms with van der Waals surface area (Å²) < 4.78 is 2.06. The number of hydrogen-bond donors (Lipinski definition) is 0. The SMILES string of the molecule is C[c-]1cccc1.[C-]1=Cc2ccccc2C1n1ccnc1.[Cl-].[Cl-].[Zr+4]. The number of nitrogens with zero attached hydrogens (tertiary/aromatic N) is 2. The van der Waals surface area contributed by atoms with Gasteiger partial charge in [0.15, 0.2) is 0 Å². The van der Waals surface area contributed by atoms with E-state index in [1.807, 2.05) is 36.8 Å². The van der Waals surface area contributed by atoms with Crippen LogP contribution < -0.4 is 24.8 Å². The van der Waals surface area contributed by atoms with E-state index >= 15 is 0 Å². The molecule has 2 nitrogen and oxygen atoms in total. The van der Waals surface area contributed by atoms with Crippen molar-refractivity contribution in [3.63, 3.8) is 0 Å². The van der Waals surface area contributed by atoms with Gasteiger partial charge < -0.3 is 29.4 Å². The van der Waals surface area contributed by atoms with Crippen molar-refractivity contribution >= 4 is 6.08 Å². The minimum Gasteiger partial charge on any atom is -1.00 e. The summed E-state index contributed by atoms with van der Waals surface area (Å²) in [4.78, 5) is 4.05. The quantitative estimate of drug-likeness (QED) is 0.416. The fraction of sp³-hybridized carbons (Fsp3) is 0.111. The van der Waals surface area contributed by atoms with Gasteiger partial charge in [0, 0.05) is 12.4 Å². The van der Waals surface area contributed by atoms with Crippen molar-refractivity contribution in [1.82, 2.24) is 9.55 Å². The first kappa shape index (κ1) is 22.0. The number of benzene rings is 1. The van der Waals surface area contributed by atoms with E-state index in [4.69, 9.17) is 0 Å². The summed E-state index contributed by atoms with van der Waals surface area (Å²) in [5, 5.41) is 0. The molecule has 3 aromatic rings. The molecule has 0 amide bonds. The summed E-state index contributed by atoms with van der Waals surface area (Å²) >= 11 is 0. The Hall–Kier alpha value is -1.02. The number of halogens is 2. The summed E-state index contributed by atoms with van der Waals surface area (Å²) in [5.41, 5.74) is 3.90. The second kappa shape index (κ2) is 10.7. The van der Waals surface area contributed by atoms with Gasteiger partial charge in [-0.2, -0.15) is 23.3 Å². The first-order valence-electron chi connectivity index (χ1n) is 6.68. The van der Waals surface area contributed by atoms with E-state index in [1.165, 1.54) is 16.7 Å². The maximum atomic E-state index is 4.05. The van der Waals surface area contributed by atoms with Gasteiger partial charge >= 0.3 is 26.2 Å². The third kappa shape index (κ3) is 5.53. The van der Waals surface area contributed by atoms with Crippen LogP contribution in [0.15, 0.2) is 67.3 Å². The fourth-order valence-corrected chi connectivity index (χ4v) is 2.29. The zero-order chi connectivity index (χ0) is 13.8. The molecule has 0 radical (unpaired) electrons. The minimum atomic E-state index is 0. The summed E-state index contributed by atoms with van der Waals surface area (Å²) in [5.74, 6) is 0. The Morgan fingerprint density at radius 1 is 1.09 bits per heavy atom. The molecule has 0 saturated heterocycles. The number of fused-ring (bicyclic) bond motifs is 1. The number of allylic oxidation sites excluding steroid dienone is 1. The molecule has 1 atom stereocenters. The molecule has 1 heterocycles. The van der Waals surface area contributed by atoms with Gasteiger partial charge in [-0.3, -0.25) is 0 Å². The van der Waals surface area contributed by atoms with Crippen LogP contribution in [0.2, 0.25) is 0 Å². The third-order valence-corrected chi connectivity index (χ3v) is 3.34. The van der Waals surface area contributed by atoms with E-state index in [9.17, 15) is 0 Å². The molecule has 0 bridgehead atoms. The zero-order valence-electron chi connectivity index (χ0n) is 12.7. The van der Waals surface area contributed by atoms with Gasteiger partial charge in [0.05, 0.1) is 6.33 Å². The van der Waals surface area contributed by atoms with Crippen molar-refractivity contribution in [2.24, 2.45) is 0 Å². The molecule has 1 aliphatic carbocycles. The van der Waals surface area contributed by atoms with Gasteiger partial charge in [0.2, 0.25) is 0 Å². The second-order valence-corrected chi connectivity index (χ2v) is 4.81. The van der Waals surface area contributed by atoms with Gasteiger partial charge in [0.25, 0.3) is 0 Å². The molecule has 0 aliphatic heterocycles. The van der Waals surface area contributed by atoms with Crippen molar-refractivity contribution in [3.05, 3.63) is 90.0 Å². The summed E-state index contributed by atoms with van der Waals surface area (Å²) in [6.45, 7) is 2.08. The monoisotopic (exact) mass is 420 g/mol. The van der Waals surface area contributed by atoms with Crippen LogP contribution in [0.25, 0.3) is 6.08 Å². The topological polar surface area (TPSA) is 17.8 Å². The minimum absolute atomic E-state index is 0. The molecule has 23 heavy (non-hydrogen) atoms. The van der Waals surface area contributed by atoms with Crippen molar-refractivity contribution in [1.29, 1.82) is 0 Å². The Bertz CT molecular complexity index is 692. The average Bonchev–Trinajstić information content (AvgIpc) is 3.19. The fourth-order valence-electron chi connectivity index (χ4n) is 2.29. The molecule has 1 aromatic heterocycles. The van der Waals surface area contributed by atoms with Gasteiger partial charge in [-0.25, -0.2) is 29.3 Å². The van der Waals surface area contributed by atoms with Gasteiger partial charge in [-0.1, -0.05) is 25.1 Å². The molecule has 0 spiro atoms. The number of imidazole rings is 1. The molecule has 116 valence electrons. The van der Waals surface area contributed by atoms with E-state index in [0.29, 0.717) is 0 Å². The second-order valence-electron chi connectivity index (χ2n) is 4.81. The van der Waals surface area contributed by atoms with Crippen molar-refractivity contribution in [2.75, 3.05) is 0 Å². The molecule has 0 saturated carbocycles. The molecule has 4 rings (SSSR count). The predicted molar refractivity (Wildman–Crippen MR) is 81.3 cm³/mol. The van der Waals surface area contributed by atoms with Crippen molar-refractivity contribution in [2.45, 2.75) is 13.0 Å². The number of rotatable bonds is 1. The molecule has 2 aromatic carbocycles. The normalized spacial score (nSPS) is 13.5. The van der Waals surface area contributed by atoms with Gasteiger partial charge in [-0.05, 0) is 6.04 Å². The van der Waals surface area contributed by atoms with E-state index in [-0.39, 0.29) is 57.1 Å². The summed E-state index contributed by atoms with van der Waals surface area (Å²) in [7, 11) is 0. The van der Waals surface area contributed by atoms with Crippen LogP contribution >= 0.6 is 0 Å². The average molecular weight is 422 g/mol. The maximum Gasteiger partial charge on any atom is 4.00 e. The molecule has 1 aliphatic rings. The van der Waals surface area contributed by atoms with Crippen LogP contribution in [0.3, 0.4) is 0 Å². The molecule has 1 unspecified atom stereocenters. The molecular weight excluding hydrogens is 406 g/mol. The van der Waals surface area contributed by atoms with E-state index in [0.717, 1.165) is 0 Å². The van der Waals surface area contributed by atoms with Crippen LogP contribution in [-0.4, -0.2) is 9.55 Å². The third-order valence-electron chi connectivity index (χ3n) is 3.34. The van der Waals surface area contributed by atoms with Gasteiger partial charge in [-0.15, -0.1) is 11.6 Å². The van der Waals surface area contributed by atoms with Crippen LogP contribution in [0.4, 0.5) is 0 Å². The van der Waals surface area contributed by atoms with Crippen LogP contribution in [0.5, 0.6) is 0 Å². The first-order chi connectivity index (χ1) is 9.84. The maximum absolute atomic E-state index is 4.05. The number of aromatic nitrogens is 2. The van der Waals surface area contributed by atoms with Gasteiger partial charge in [0.1, 0.15) is 0 Å².